The maximum Gasteiger partial charge on any atom is 0.239 e. The number of hydrogen-bond acceptors (Lipinski definition) is 3. The van der Waals surface area contributed by atoms with E-state index in [4.69, 9.17) is 5.73 Å². The summed E-state index contributed by atoms with van der Waals surface area (Å²) in [5.41, 5.74) is 7.53. The first-order valence-corrected chi connectivity index (χ1v) is 8.39. The average molecular weight is 338 g/mol. The van der Waals surface area contributed by atoms with Gasteiger partial charge in [0, 0.05) is 26.2 Å². The number of halogens is 1. The number of nitrogens with zero attached hydrogens (tertiary/aromatic N) is 2. The lowest BCUT2D eigenvalue weighted by Gasteiger charge is -2.40. The number of carbonyl (C=O) groups is 1. The molecular weight excluding hydrogens is 310 g/mol. The molecule has 0 aromatic heterocycles. The van der Waals surface area contributed by atoms with Crippen LogP contribution in [-0.4, -0.2) is 47.9 Å². The van der Waals surface area contributed by atoms with Crippen LogP contribution in [0.5, 0.6) is 0 Å². The van der Waals surface area contributed by atoms with Gasteiger partial charge in [-0.05, 0) is 43.7 Å². The van der Waals surface area contributed by atoms with E-state index in [0.717, 1.165) is 32.5 Å². The molecule has 1 spiro atoms. The molecule has 5 heteroatoms. The summed E-state index contributed by atoms with van der Waals surface area (Å²) in [6.07, 6.45) is 3.51. The van der Waals surface area contributed by atoms with Crippen molar-refractivity contribution < 1.29 is 4.79 Å². The Morgan fingerprint density at radius 3 is 2.39 bits per heavy atom. The molecule has 1 atom stereocenters. The molecule has 128 valence electrons. The molecule has 2 heterocycles. The van der Waals surface area contributed by atoms with Crippen molar-refractivity contribution in [2.75, 3.05) is 26.2 Å². The minimum atomic E-state index is -0.368. The van der Waals surface area contributed by atoms with Crippen molar-refractivity contribution in [2.45, 2.75) is 38.8 Å². The normalized spacial score (nSPS) is 21.9. The summed E-state index contributed by atoms with van der Waals surface area (Å²) in [6.45, 7) is 6.92. The van der Waals surface area contributed by atoms with Gasteiger partial charge < -0.3 is 10.6 Å². The summed E-state index contributed by atoms with van der Waals surface area (Å²) in [7, 11) is 0. The van der Waals surface area contributed by atoms with Crippen molar-refractivity contribution in [2.24, 2.45) is 11.1 Å². The van der Waals surface area contributed by atoms with E-state index in [-0.39, 0.29) is 24.4 Å². The van der Waals surface area contributed by atoms with Gasteiger partial charge >= 0.3 is 0 Å². The SMILES string of the molecule is C[C@@H](N)C(=O)N1CCC2(CCN(Cc3ccccc3)C2)CC1.Cl. The zero-order valence-electron chi connectivity index (χ0n) is 13.9. The molecule has 0 unspecified atom stereocenters. The van der Waals surface area contributed by atoms with Crippen LogP contribution in [0.2, 0.25) is 0 Å². The summed E-state index contributed by atoms with van der Waals surface area (Å²) < 4.78 is 0. The Labute approximate surface area is 145 Å². The summed E-state index contributed by atoms with van der Waals surface area (Å²) in [5, 5.41) is 0. The topological polar surface area (TPSA) is 49.6 Å². The fourth-order valence-corrected chi connectivity index (χ4v) is 3.90. The second-order valence-corrected chi connectivity index (χ2v) is 7.06. The molecule has 2 saturated heterocycles. The third kappa shape index (κ3) is 4.25. The Morgan fingerprint density at radius 1 is 1.17 bits per heavy atom. The molecular formula is C18H28ClN3O. The number of piperidine rings is 1. The van der Waals surface area contributed by atoms with Crippen LogP contribution in [0.3, 0.4) is 0 Å². The largest absolute Gasteiger partial charge is 0.341 e. The van der Waals surface area contributed by atoms with Gasteiger partial charge in [-0.2, -0.15) is 0 Å². The van der Waals surface area contributed by atoms with E-state index >= 15 is 0 Å². The maximum absolute atomic E-state index is 12.0. The number of rotatable bonds is 3. The fourth-order valence-electron chi connectivity index (χ4n) is 3.90. The van der Waals surface area contributed by atoms with Crippen molar-refractivity contribution >= 4 is 18.3 Å². The van der Waals surface area contributed by atoms with Gasteiger partial charge in [0.1, 0.15) is 0 Å². The zero-order chi connectivity index (χ0) is 15.6. The molecule has 0 aliphatic carbocycles. The molecule has 2 aliphatic heterocycles. The van der Waals surface area contributed by atoms with Gasteiger partial charge in [-0.1, -0.05) is 30.3 Å². The lowest BCUT2D eigenvalue weighted by Crippen LogP contribution is -2.49. The minimum Gasteiger partial charge on any atom is -0.341 e. The standard InChI is InChI=1S/C18H27N3O.ClH/c1-15(19)17(22)21-11-8-18(9-12-21)7-10-20(14-18)13-16-5-3-2-4-6-16;/h2-6,15H,7-14,19H2,1H3;1H/t15-;/m1./s1. The third-order valence-electron chi connectivity index (χ3n) is 5.29. The van der Waals surface area contributed by atoms with Gasteiger partial charge in [0.15, 0.2) is 0 Å². The second-order valence-electron chi connectivity index (χ2n) is 7.06. The molecule has 2 fully saturated rings. The zero-order valence-corrected chi connectivity index (χ0v) is 14.7. The predicted molar refractivity (Wildman–Crippen MR) is 95.5 cm³/mol. The first kappa shape index (κ1) is 18.2. The molecule has 1 aromatic rings. The highest BCUT2D eigenvalue weighted by Gasteiger charge is 2.41. The van der Waals surface area contributed by atoms with Crippen LogP contribution < -0.4 is 5.73 Å². The molecule has 1 aromatic carbocycles. The van der Waals surface area contributed by atoms with Crippen LogP contribution >= 0.6 is 12.4 Å². The van der Waals surface area contributed by atoms with Gasteiger partial charge in [0.2, 0.25) is 5.91 Å². The summed E-state index contributed by atoms with van der Waals surface area (Å²) in [5.74, 6) is 0.106. The highest BCUT2D eigenvalue weighted by atomic mass is 35.5. The van der Waals surface area contributed by atoms with E-state index in [1.54, 1.807) is 6.92 Å². The Kier molecular flexibility index (Phi) is 6.06. The third-order valence-corrected chi connectivity index (χ3v) is 5.29. The van der Waals surface area contributed by atoms with Crippen molar-refractivity contribution in [1.82, 2.24) is 9.80 Å². The molecule has 3 rings (SSSR count). The smallest absolute Gasteiger partial charge is 0.239 e. The van der Waals surface area contributed by atoms with E-state index in [1.165, 1.54) is 25.1 Å². The first-order chi connectivity index (χ1) is 10.6. The van der Waals surface area contributed by atoms with Crippen molar-refractivity contribution in [3.05, 3.63) is 35.9 Å². The van der Waals surface area contributed by atoms with E-state index in [2.05, 4.69) is 35.2 Å². The number of hydrogen-bond donors (Lipinski definition) is 1. The van der Waals surface area contributed by atoms with Gasteiger partial charge in [-0.3, -0.25) is 9.69 Å². The van der Waals surface area contributed by atoms with E-state index in [1.807, 2.05) is 4.90 Å². The van der Waals surface area contributed by atoms with E-state index in [9.17, 15) is 4.79 Å². The molecule has 0 bridgehead atoms. The number of benzene rings is 1. The molecule has 4 nitrogen and oxygen atoms in total. The number of nitrogens with two attached hydrogens (primary N) is 1. The quantitative estimate of drug-likeness (QED) is 0.920. The molecule has 2 N–H and O–H groups in total. The van der Waals surface area contributed by atoms with Crippen LogP contribution in [0.1, 0.15) is 31.7 Å². The van der Waals surface area contributed by atoms with Crippen molar-refractivity contribution in [3.63, 3.8) is 0 Å². The molecule has 0 radical (unpaired) electrons. The van der Waals surface area contributed by atoms with Crippen LogP contribution in [-0.2, 0) is 11.3 Å². The molecule has 1 amide bonds. The Morgan fingerprint density at radius 2 is 1.78 bits per heavy atom. The molecule has 23 heavy (non-hydrogen) atoms. The maximum atomic E-state index is 12.0. The average Bonchev–Trinajstić information content (AvgIpc) is 2.91. The second kappa shape index (κ2) is 7.65. The van der Waals surface area contributed by atoms with Gasteiger partial charge in [0.05, 0.1) is 6.04 Å². The van der Waals surface area contributed by atoms with Crippen LogP contribution in [0.4, 0.5) is 0 Å². The van der Waals surface area contributed by atoms with Crippen LogP contribution in [0, 0.1) is 5.41 Å². The molecule has 0 saturated carbocycles. The van der Waals surface area contributed by atoms with Crippen molar-refractivity contribution in [1.29, 1.82) is 0 Å². The van der Waals surface area contributed by atoms with Gasteiger partial charge in [-0.25, -0.2) is 0 Å². The van der Waals surface area contributed by atoms with Crippen LogP contribution in [0.25, 0.3) is 0 Å². The summed E-state index contributed by atoms with van der Waals surface area (Å²) in [6, 6.07) is 10.3. The minimum absolute atomic E-state index is 0. The van der Waals surface area contributed by atoms with Crippen molar-refractivity contribution in [3.8, 4) is 0 Å². The van der Waals surface area contributed by atoms with E-state index in [0.29, 0.717) is 5.41 Å². The molecule has 2 aliphatic rings. The number of likely N-dealkylation sites (tertiary alicyclic amines) is 2. The highest BCUT2D eigenvalue weighted by Crippen LogP contribution is 2.40. The summed E-state index contributed by atoms with van der Waals surface area (Å²) >= 11 is 0. The van der Waals surface area contributed by atoms with Gasteiger partial charge in [0.25, 0.3) is 0 Å². The fraction of sp³-hybridized carbons (Fsp3) is 0.611. The first-order valence-electron chi connectivity index (χ1n) is 8.39. The van der Waals surface area contributed by atoms with Crippen LogP contribution in [0.15, 0.2) is 30.3 Å². The Bertz CT molecular complexity index is 512. The van der Waals surface area contributed by atoms with E-state index < -0.39 is 0 Å². The lowest BCUT2D eigenvalue weighted by molar-refractivity contribution is -0.134. The Balaban J connectivity index is 0.00000192. The monoisotopic (exact) mass is 337 g/mol. The predicted octanol–water partition coefficient (Wildman–Crippen LogP) is 2.27. The number of carbonyl (C=O) groups excluding carboxylic acids is 1. The number of amides is 1. The van der Waals surface area contributed by atoms with Gasteiger partial charge in [-0.15, -0.1) is 12.4 Å². The Hall–Kier alpha value is -1.10. The lowest BCUT2D eigenvalue weighted by atomic mass is 9.77. The highest BCUT2D eigenvalue weighted by molar-refractivity contribution is 5.85. The summed E-state index contributed by atoms with van der Waals surface area (Å²) in [4.78, 5) is 16.5.